The number of hydrogen-bond acceptors (Lipinski definition) is 4. The van der Waals surface area contributed by atoms with Crippen LogP contribution in [0, 0.1) is 0 Å². The first-order valence-electron chi connectivity index (χ1n) is 12.7. The van der Waals surface area contributed by atoms with Crippen LogP contribution in [0.25, 0.3) is 0 Å². The van der Waals surface area contributed by atoms with Crippen LogP contribution in [0.4, 0.5) is 22.7 Å². The van der Waals surface area contributed by atoms with Crippen molar-refractivity contribution in [3.05, 3.63) is 107 Å². The topological polar surface area (TPSA) is 40.6 Å². The number of nitrogens with zero attached hydrogens (tertiary/aromatic N) is 2. The standard InChI is InChI=1S/C32H28N2O2S/c1-19(2)22-10-9-11-23(20(3)4)30(22)34-31(35)24-17-16-21(18-25(24)32(34)36)33-26-12-5-7-14-28(26)37-29-15-8-6-13-27(29)33/h5-20H,1-4H3. The van der Waals surface area contributed by atoms with Crippen LogP contribution in [0.1, 0.15) is 71.4 Å². The number of rotatable bonds is 4. The number of anilines is 4. The van der Waals surface area contributed by atoms with Gasteiger partial charge < -0.3 is 4.90 Å². The Bertz CT molecular complexity index is 1500. The molecular weight excluding hydrogens is 476 g/mol. The summed E-state index contributed by atoms with van der Waals surface area (Å²) < 4.78 is 0. The molecule has 0 spiro atoms. The minimum Gasteiger partial charge on any atom is -0.308 e. The first-order valence-corrected chi connectivity index (χ1v) is 13.5. The Morgan fingerprint density at radius 1 is 0.595 bits per heavy atom. The molecule has 6 rings (SSSR count). The maximum absolute atomic E-state index is 14.0. The highest BCUT2D eigenvalue weighted by molar-refractivity contribution is 7.99. The van der Waals surface area contributed by atoms with Gasteiger partial charge in [-0.25, -0.2) is 4.90 Å². The molecule has 0 unspecified atom stereocenters. The summed E-state index contributed by atoms with van der Waals surface area (Å²) in [6, 6.07) is 28.3. The van der Waals surface area contributed by atoms with Gasteiger partial charge in [-0.3, -0.25) is 9.59 Å². The molecule has 0 saturated heterocycles. The van der Waals surface area contributed by atoms with Crippen molar-refractivity contribution in [2.24, 2.45) is 0 Å². The van der Waals surface area contributed by atoms with Crippen molar-refractivity contribution < 1.29 is 9.59 Å². The molecule has 0 saturated carbocycles. The molecule has 0 radical (unpaired) electrons. The van der Waals surface area contributed by atoms with Gasteiger partial charge in [0.2, 0.25) is 0 Å². The number of carbonyl (C=O) groups is 2. The average Bonchev–Trinajstić information content (AvgIpc) is 3.15. The Kier molecular flexibility index (Phi) is 5.68. The summed E-state index contributed by atoms with van der Waals surface area (Å²) in [6.07, 6.45) is 0. The van der Waals surface area contributed by atoms with Crippen molar-refractivity contribution in [3.8, 4) is 0 Å². The lowest BCUT2D eigenvalue weighted by atomic mass is 9.92. The van der Waals surface area contributed by atoms with Gasteiger partial charge >= 0.3 is 0 Å². The van der Waals surface area contributed by atoms with E-state index in [2.05, 4.69) is 56.9 Å². The van der Waals surface area contributed by atoms with Crippen molar-refractivity contribution in [1.82, 2.24) is 0 Å². The van der Waals surface area contributed by atoms with Gasteiger partial charge in [-0.2, -0.15) is 0 Å². The predicted molar refractivity (Wildman–Crippen MR) is 151 cm³/mol. The fraction of sp³-hybridized carbons (Fsp3) is 0.188. The molecule has 4 aromatic carbocycles. The van der Waals surface area contributed by atoms with Gasteiger partial charge in [0.15, 0.2) is 0 Å². The van der Waals surface area contributed by atoms with E-state index >= 15 is 0 Å². The van der Waals surface area contributed by atoms with Gasteiger partial charge in [0.25, 0.3) is 11.8 Å². The lowest BCUT2D eigenvalue weighted by molar-refractivity contribution is 0.0925. The van der Waals surface area contributed by atoms with E-state index in [-0.39, 0.29) is 23.7 Å². The van der Waals surface area contributed by atoms with Crippen LogP contribution in [-0.4, -0.2) is 11.8 Å². The highest BCUT2D eigenvalue weighted by Gasteiger charge is 2.40. The Labute approximate surface area is 221 Å². The van der Waals surface area contributed by atoms with Crippen molar-refractivity contribution in [3.63, 3.8) is 0 Å². The average molecular weight is 505 g/mol. The molecule has 0 fully saturated rings. The smallest absolute Gasteiger partial charge is 0.266 e. The highest BCUT2D eigenvalue weighted by atomic mass is 32.2. The van der Waals surface area contributed by atoms with E-state index < -0.39 is 0 Å². The number of para-hydroxylation sites is 3. The fourth-order valence-corrected chi connectivity index (χ4v) is 6.38. The molecule has 0 bridgehead atoms. The molecule has 4 nitrogen and oxygen atoms in total. The van der Waals surface area contributed by atoms with Crippen LogP contribution in [-0.2, 0) is 0 Å². The molecule has 184 valence electrons. The van der Waals surface area contributed by atoms with Gasteiger partial charge in [-0.05, 0) is 65.4 Å². The SMILES string of the molecule is CC(C)c1cccc(C(C)C)c1N1C(=O)c2ccc(N3c4ccccc4Sc4ccccc43)cc2C1=O. The van der Waals surface area contributed by atoms with E-state index in [4.69, 9.17) is 0 Å². The largest absolute Gasteiger partial charge is 0.308 e. The first kappa shape index (κ1) is 23.6. The third kappa shape index (κ3) is 3.68. The molecule has 0 aliphatic carbocycles. The summed E-state index contributed by atoms with van der Waals surface area (Å²) in [5.41, 5.74) is 6.65. The Morgan fingerprint density at radius 2 is 1.14 bits per heavy atom. The number of benzene rings is 4. The van der Waals surface area contributed by atoms with Gasteiger partial charge in [0, 0.05) is 15.5 Å². The molecule has 2 heterocycles. The van der Waals surface area contributed by atoms with Crippen LogP contribution < -0.4 is 9.80 Å². The van der Waals surface area contributed by atoms with E-state index in [1.807, 2.05) is 60.7 Å². The number of carbonyl (C=O) groups excluding carboxylic acids is 2. The zero-order valence-electron chi connectivity index (χ0n) is 21.4. The summed E-state index contributed by atoms with van der Waals surface area (Å²) >= 11 is 1.74. The van der Waals surface area contributed by atoms with E-state index in [1.54, 1.807) is 11.8 Å². The van der Waals surface area contributed by atoms with E-state index in [1.165, 1.54) is 4.90 Å². The predicted octanol–water partition coefficient (Wildman–Crippen LogP) is 8.67. The molecule has 2 aliphatic heterocycles. The number of amides is 2. The number of imide groups is 1. The van der Waals surface area contributed by atoms with Crippen molar-refractivity contribution in [1.29, 1.82) is 0 Å². The van der Waals surface area contributed by atoms with Crippen molar-refractivity contribution >= 4 is 46.3 Å². The third-order valence-corrected chi connectivity index (χ3v) is 8.26. The van der Waals surface area contributed by atoms with Crippen LogP contribution in [0.2, 0.25) is 0 Å². The number of fused-ring (bicyclic) bond motifs is 3. The first-order chi connectivity index (χ1) is 17.9. The molecule has 2 aliphatic rings. The highest BCUT2D eigenvalue weighted by Crippen LogP contribution is 2.51. The van der Waals surface area contributed by atoms with E-state index in [9.17, 15) is 9.59 Å². The minimum atomic E-state index is -0.259. The Hall–Kier alpha value is -3.83. The number of hydrogen-bond donors (Lipinski definition) is 0. The Morgan fingerprint density at radius 3 is 1.70 bits per heavy atom. The molecule has 37 heavy (non-hydrogen) atoms. The summed E-state index contributed by atoms with van der Waals surface area (Å²) in [5.74, 6) is -0.166. The molecule has 0 atom stereocenters. The molecule has 2 amide bonds. The molecule has 4 aromatic rings. The maximum atomic E-state index is 14.0. The summed E-state index contributed by atoms with van der Waals surface area (Å²) in [7, 11) is 0. The summed E-state index contributed by atoms with van der Waals surface area (Å²) in [6.45, 7) is 8.40. The van der Waals surface area contributed by atoms with Gasteiger partial charge in [0.1, 0.15) is 0 Å². The second-order valence-corrected chi connectivity index (χ2v) is 11.2. The third-order valence-electron chi connectivity index (χ3n) is 7.13. The second-order valence-electron chi connectivity index (χ2n) is 10.1. The molecular formula is C32H28N2O2S. The monoisotopic (exact) mass is 504 g/mol. The van der Waals surface area contributed by atoms with Crippen LogP contribution >= 0.6 is 11.8 Å². The summed E-state index contributed by atoms with van der Waals surface area (Å²) in [4.78, 5) is 33.6. The van der Waals surface area contributed by atoms with Crippen molar-refractivity contribution in [2.45, 2.75) is 49.3 Å². The van der Waals surface area contributed by atoms with E-state index in [0.717, 1.165) is 43.7 Å². The maximum Gasteiger partial charge on any atom is 0.266 e. The lowest BCUT2D eigenvalue weighted by Gasteiger charge is -2.32. The minimum absolute atomic E-state index is 0.174. The van der Waals surface area contributed by atoms with Gasteiger partial charge in [-0.1, -0.05) is 81.9 Å². The summed E-state index contributed by atoms with van der Waals surface area (Å²) in [5, 5.41) is 0. The zero-order valence-corrected chi connectivity index (χ0v) is 22.2. The van der Waals surface area contributed by atoms with Crippen LogP contribution in [0.5, 0.6) is 0 Å². The van der Waals surface area contributed by atoms with Gasteiger partial charge in [0.05, 0.1) is 28.2 Å². The normalized spacial score (nSPS) is 14.3. The molecule has 0 aromatic heterocycles. The lowest BCUT2D eigenvalue weighted by Crippen LogP contribution is -2.31. The fourth-order valence-electron chi connectivity index (χ4n) is 5.32. The van der Waals surface area contributed by atoms with Crippen molar-refractivity contribution in [2.75, 3.05) is 9.80 Å². The van der Waals surface area contributed by atoms with Gasteiger partial charge in [-0.15, -0.1) is 0 Å². The van der Waals surface area contributed by atoms with Crippen LogP contribution in [0.15, 0.2) is 94.7 Å². The van der Waals surface area contributed by atoms with Crippen LogP contribution in [0.3, 0.4) is 0 Å². The molecule has 5 heteroatoms. The second kappa shape index (κ2) is 8.93. The Balaban J connectivity index is 1.49. The zero-order chi connectivity index (χ0) is 25.8. The molecule has 0 N–H and O–H groups in total. The van der Waals surface area contributed by atoms with E-state index in [0.29, 0.717) is 11.1 Å². The quantitative estimate of drug-likeness (QED) is 0.230.